The van der Waals surface area contributed by atoms with E-state index in [0.717, 1.165) is 45.5 Å². The van der Waals surface area contributed by atoms with E-state index >= 15 is 0 Å². The zero-order valence-electron chi connectivity index (χ0n) is 11.3. The minimum atomic E-state index is -3.16. The van der Waals surface area contributed by atoms with Gasteiger partial charge in [-0.2, -0.15) is 0 Å². The van der Waals surface area contributed by atoms with Crippen LogP contribution in [0.1, 0.15) is 19.3 Å². The highest BCUT2D eigenvalue weighted by Crippen LogP contribution is 2.15. The third-order valence-corrected chi connectivity index (χ3v) is 6.05. The van der Waals surface area contributed by atoms with Crippen molar-refractivity contribution in [3.05, 3.63) is 0 Å². The first-order chi connectivity index (χ1) is 9.12. The van der Waals surface area contributed by atoms with Crippen LogP contribution in [0, 0.1) is 0 Å². The molecule has 1 atom stereocenters. The Balaban J connectivity index is 1.83. The van der Waals surface area contributed by atoms with E-state index in [1.165, 1.54) is 0 Å². The zero-order chi connectivity index (χ0) is 13.7. The summed E-state index contributed by atoms with van der Waals surface area (Å²) in [5, 5.41) is 0. The van der Waals surface area contributed by atoms with Crippen molar-refractivity contribution in [3.63, 3.8) is 0 Å². The molecular formula is C12H23ClN2O3S. The second-order valence-electron chi connectivity index (χ2n) is 5.19. The first kappa shape index (κ1) is 15.5. The summed E-state index contributed by atoms with van der Waals surface area (Å²) in [6.07, 6.45) is 3.50. The average Bonchev–Trinajstić information content (AvgIpc) is 2.73. The molecule has 7 heteroatoms. The number of halogens is 1. The third-order valence-electron chi connectivity index (χ3n) is 3.76. The Labute approximate surface area is 120 Å². The summed E-state index contributed by atoms with van der Waals surface area (Å²) in [4.78, 5) is 2.33. The van der Waals surface area contributed by atoms with Crippen molar-refractivity contribution in [2.75, 3.05) is 51.0 Å². The van der Waals surface area contributed by atoms with Crippen molar-refractivity contribution in [1.82, 2.24) is 9.21 Å². The maximum absolute atomic E-state index is 12.0. The Morgan fingerprint density at radius 2 is 2.00 bits per heavy atom. The number of hydrogen-bond acceptors (Lipinski definition) is 4. The van der Waals surface area contributed by atoms with Crippen molar-refractivity contribution >= 4 is 21.6 Å². The molecule has 0 aromatic carbocycles. The van der Waals surface area contributed by atoms with Crippen LogP contribution in [0.15, 0.2) is 0 Å². The van der Waals surface area contributed by atoms with Crippen LogP contribution in [0.3, 0.4) is 0 Å². The molecule has 0 aromatic heterocycles. The third kappa shape index (κ3) is 4.56. The fourth-order valence-electron chi connectivity index (χ4n) is 2.71. The lowest BCUT2D eigenvalue weighted by molar-refractivity contribution is 0.0749. The first-order valence-corrected chi connectivity index (χ1v) is 9.14. The summed E-state index contributed by atoms with van der Waals surface area (Å²) in [5.41, 5.74) is 0. The van der Waals surface area contributed by atoms with E-state index in [4.69, 9.17) is 16.3 Å². The lowest BCUT2D eigenvalue weighted by Crippen LogP contribution is -2.38. The van der Waals surface area contributed by atoms with Crippen LogP contribution in [0.5, 0.6) is 0 Å². The van der Waals surface area contributed by atoms with Crippen LogP contribution >= 0.6 is 11.6 Å². The Morgan fingerprint density at radius 1 is 1.16 bits per heavy atom. The second kappa shape index (κ2) is 7.22. The van der Waals surface area contributed by atoms with E-state index in [-0.39, 0.29) is 11.6 Å². The van der Waals surface area contributed by atoms with Gasteiger partial charge in [-0.25, -0.2) is 12.7 Å². The van der Waals surface area contributed by atoms with Crippen LogP contribution in [0.4, 0.5) is 0 Å². The molecule has 2 aliphatic rings. The fourth-order valence-corrected chi connectivity index (χ4v) is 4.52. The summed E-state index contributed by atoms with van der Waals surface area (Å²) in [7, 11) is -3.16. The van der Waals surface area contributed by atoms with Gasteiger partial charge < -0.3 is 4.74 Å². The molecule has 0 radical (unpaired) electrons. The largest absolute Gasteiger partial charge is 0.377 e. The van der Waals surface area contributed by atoms with Crippen LogP contribution < -0.4 is 0 Å². The topological polar surface area (TPSA) is 49.9 Å². The molecule has 2 saturated heterocycles. The molecule has 0 saturated carbocycles. The van der Waals surface area contributed by atoms with E-state index in [9.17, 15) is 8.42 Å². The molecule has 1 unspecified atom stereocenters. The number of hydrogen-bond donors (Lipinski definition) is 0. The summed E-state index contributed by atoms with van der Waals surface area (Å²) < 4.78 is 31.2. The first-order valence-electron chi connectivity index (χ1n) is 6.99. The van der Waals surface area contributed by atoms with E-state index in [1.807, 2.05) is 0 Å². The Bertz CT molecular complexity index is 371. The lowest BCUT2D eigenvalue weighted by Gasteiger charge is -2.23. The van der Waals surface area contributed by atoms with Crippen molar-refractivity contribution in [3.8, 4) is 0 Å². The van der Waals surface area contributed by atoms with Gasteiger partial charge in [-0.1, -0.05) is 0 Å². The predicted octanol–water partition coefficient (Wildman–Crippen LogP) is 0.742. The van der Waals surface area contributed by atoms with Gasteiger partial charge in [0.2, 0.25) is 10.0 Å². The smallest absolute Gasteiger partial charge is 0.215 e. The summed E-state index contributed by atoms with van der Waals surface area (Å²) in [5.74, 6) is 0.207. The Kier molecular flexibility index (Phi) is 5.89. The van der Waals surface area contributed by atoms with Gasteiger partial charge in [-0.15, -0.1) is 11.6 Å². The highest BCUT2D eigenvalue weighted by molar-refractivity contribution is 7.89. The van der Waals surface area contributed by atoms with Gasteiger partial charge >= 0.3 is 0 Å². The summed E-state index contributed by atoms with van der Waals surface area (Å²) in [6, 6.07) is 0. The molecule has 0 N–H and O–H groups in total. The number of nitrogens with zero attached hydrogens (tertiary/aromatic N) is 2. The SMILES string of the molecule is O=S(=O)(CCCl)N1CCCN(CC2CCCO2)CC1. The van der Waals surface area contributed by atoms with Gasteiger partial charge in [0.05, 0.1) is 11.9 Å². The molecular weight excluding hydrogens is 288 g/mol. The molecule has 19 heavy (non-hydrogen) atoms. The Hall–Kier alpha value is 0.120. The maximum Gasteiger partial charge on any atom is 0.215 e. The van der Waals surface area contributed by atoms with Crippen LogP contribution in [0.25, 0.3) is 0 Å². The van der Waals surface area contributed by atoms with Gasteiger partial charge in [0.25, 0.3) is 0 Å². The van der Waals surface area contributed by atoms with Gasteiger partial charge in [-0.05, 0) is 25.8 Å². The van der Waals surface area contributed by atoms with E-state index in [0.29, 0.717) is 19.2 Å². The molecule has 0 bridgehead atoms. The number of sulfonamides is 1. The van der Waals surface area contributed by atoms with Crippen LogP contribution in [0.2, 0.25) is 0 Å². The van der Waals surface area contributed by atoms with Crippen molar-refractivity contribution in [2.45, 2.75) is 25.4 Å². The summed E-state index contributed by atoms with van der Waals surface area (Å²) >= 11 is 5.56. The fraction of sp³-hybridized carbons (Fsp3) is 1.00. The molecule has 0 amide bonds. The second-order valence-corrected chi connectivity index (χ2v) is 7.66. The molecule has 2 heterocycles. The molecule has 2 fully saturated rings. The normalized spacial score (nSPS) is 27.5. The molecule has 0 aromatic rings. The van der Waals surface area contributed by atoms with E-state index in [1.54, 1.807) is 4.31 Å². The number of alkyl halides is 1. The van der Waals surface area contributed by atoms with Crippen molar-refractivity contribution in [2.24, 2.45) is 0 Å². The maximum atomic E-state index is 12.0. The van der Waals surface area contributed by atoms with Gasteiger partial charge in [0.1, 0.15) is 0 Å². The molecule has 0 spiro atoms. The van der Waals surface area contributed by atoms with Gasteiger partial charge in [0.15, 0.2) is 0 Å². The van der Waals surface area contributed by atoms with Crippen LogP contribution in [-0.2, 0) is 14.8 Å². The Morgan fingerprint density at radius 3 is 2.68 bits per heavy atom. The van der Waals surface area contributed by atoms with Crippen molar-refractivity contribution in [1.29, 1.82) is 0 Å². The number of ether oxygens (including phenoxy) is 1. The lowest BCUT2D eigenvalue weighted by atomic mass is 10.2. The monoisotopic (exact) mass is 310 g/mol. The minimum absolute atomic E-state index is 0.0420. The van der Waals surface area contributed by atoms with Gasteiger partial charge in [0, 0.05) is 38.7 Å². The average molecular weight is 311 g/mol. The highest BCUT2D eigenvalue weighted by atomic mass is 35.5. The number of rotatable bonds is 5. The predicted molar refractivity (Wildman–Crippen MR) is 76.1 cm³/mol. The van der Waals surface area contributed by atoms with Gasteiger partial charge in [-0.3, -0.25) is 4.90 Å². The molecule has 5 nitrogen and oxygen atoms in total. The zero-order valence-corrected chi connectivity index (χ0v) is 12.8. The minimum Gasteiger partial charge on any atom is -0.377 e. The molecule has 2 aliphatic heterocycles. The van der Waals surface area contributed by atoms with Crippen molar-refractivity contribution < 1.29 is 13.2 Å². The molecule has 112 valence electrons. The quantitative estimate of drug-likeness (QED) is 0.703. The van der Waals surface area contributed by atoms with E-state index in [2.05, 4.69) is 4.90 Å². The van der Waals surface area contributed by atoms with E-state index < -0.39 is 10.0 Å². The van der Waals surface area contributed by atoms with Crippen LogP contribution in [-0.4, -0.2) is 74.7 Å². The molecule has 0 aliphatic carbocycles. The highest BCUT2D eigenvalue weighted by Gasteiger charge is 2.26. The molecule has 2 rings (SSSR count). The standard InChI is InChI=1S/C12H23ClN2O3S/c13-4-10-19(16,17)15-6-2-5-14(7-8-15)11-12-3-1-9-18-12/h12H,1-11H2. The summed E-state index contributed by atoms with van der Waals surface area (Å²) in [6.45, 7) is 4.74.